The summed E-state index contributed by atoms with van der Waals surface area (Å²) in [6.45, 7) is 5.62. The van der Waals surface area contributed by atoms with Gasteiger partial charge < -0.3 is 15.0 Å². The van der Waals surface area contributed by atoms with Crippen LogP contribution in [0.3, 0.4) is 0 Å². The third-order valence-corrected chi connectivity index (χ3v) is 4.38. The summed E-state index contributed by atoms with van der Waals surface area (Å²) in [5.74, 6) is 0.466. The molecule has 2 aromatic rings. The summed E-state index contributed by atoms with van der Waals surface area (Å²) >= 11 is 0. The lowest BCUT2D eigenvalue weighted by atomic mass is 10.2. The number of piperazine rings is 1. The summed E-state index contributed by atoms with van der Waals surface area (Å²) in [6.07, 6.45) is 1.55. The first-order valence-corrected chi connectivity index (χ1v) is 9.11. The summed E-state index contributed by atoms with van der Waals surface area (Å²) in [4.78, 5) is 32.5. The molecule has 0 saturated carbocycles. The van der Waals surface area contributed by atoms with E-state index in [1.54, 1.807) is 19.2 Å². The van der Waals surface area contributed by atoms with Crippen molar-refractivity contribution in [3.05, 3.63) is 54.2 Å². The minimum atomic E-state index is -0.356. The van der Waals surface area contributed by atoms with Gasteiger partial charge in [-0.25, -0.2) is 9.78 Å². The molecule has 0 bridgehead atoms. The molecule has 1 fully saturated rings. The van der Waals surface area contributed by atoms with Crippen molar-refractivity contribution in [2.24, 2.45) is 0 Å². The second-order valence-electron chi connectivity index (χ2n) is 6.30. The van der Waals surface area contributed by atoms with Crippen molar-refractivity contribution in [2.45, 2.75) is 6.92 Å². The van der Waals surface area contributed by atoms with Crippen LogP contribution in [-0.4, -0.2) is 61.1 Å². The Kier molecular flexibility index (Phi) is 6.38. The number of esters is 1. The van der Waals surface area contributed by atoms with Gasteiger partial charge in [-0.05, 0) is 31.2 Å². The monoisotopic (exact) mass is 368 g/mol. The van der Waals surface area contributed by atoms with E-state index in [0.717, 1.165) is 37.7 Å². The molecule has 0 radical (unpaired) electrons. The number of hydrogen-bond acceptors (Lipinski definition) is 6. The number of amides is 1. The minimum Gasteiger partial charge on any atom is -0.462 e. The SMILES string of the molecule is CCOC(=O)c1ccc(N2CCN(CC(=O)Nc3ccccc3)CC2)nc1. The van der Waals surface area contributed by atoms with Gasteiger partial charge in [-0.1, -0.05) is 18.2 Å². The maximum absolute atomic E-state index is 12.2. The van der Waals surface area contributed by atoms with Gasteiger partial charge >= 0.3 is 5.97 Å². The van der Waals surface area contributed by atoms with Crippen molar-refractivity contribution in [3.8, 4) is 0 Å². The zero-order valence-electron chi connectivity index (χ0n) is 15.4. The molecule has 0 spiro atoms. The molecule has 1 amide bonds. The smallest absolute Gasteiger partial charge is 0.339 e. The van der Waals surface area contributed by atoms with Gasteiger partial charge in [0.05, 0.1) is 18.7 Å². The van der Waals surface area contributed by atoms with Crippen LogP contribution in [0, 0.1) is 0 Å². The van der Waals surface area contributed by atoms with E-state index in [4.69, 9.17) is 4.74 Å². The van der Waals surface area contributed by atoms with Crippen LogP contribution < -0.4 is 10.2 Å². The topological polar surface area (TPSA) is 74.8 Å². The van der Waals surface area contributed by atoms with Crippen molar-refractivity contribution < 1.29 is 14.3 Å². The van der Waals surface area contributed by atoms with Crippen LogP contribution in [0.5, 0.6) is 0 Å². The second-order valence-corrected chi connectivity index (χ2v) is 6.30. The second kappa shape index (κ2) is 9.14. The molecule has 1 aliphatic heterocycles. The standard InChI is InChI=1S/C20H24N4O3/c1-2-27-20(26)16-8-9-18(21-14-16)24-12-10-23(11-13-24)15-19(25)22-17-6-4-3-5-7-17/h3-9,14H,2,10-13,15H2,1H3,(H,22,25). The minimum absolute atomic E-state index is 0.00781. The molecule has 0 atom stereocenters. The summed E-state index contributed by atoms with van der Waals surface area (Å²) in [7, 11) is 0. The zero-order valence-corrected chi connectivity index (χ0v) is 15.4. The van der Waals surface area contributed by atoms with Crippen LogP contribution >= 0.6 is 0 Å². The summed E-state index contributed by atoms with van der Waals surface area (Å²) in [5, 5.41) is 2.91. The predicted octanol–water partition coefficient (Wildman–Crippen LogP) is 2.02. The van der Waals surface area contributed by atoms with Gasteiger partial charge in [-0.15, -0.1) is 0 Å². The highest BCUT2D eigenvalue weighted by Gasteiger charge is 2.20. The van der Waals surface area contributed by atoms with Gasteiger partial charge in [0.25, 0.3) is 0 Å². The third-order valence-electron chi connectivity index (χ3n) is 4.38. The lowest BCUT2D eigenvalue weighted by Gasteiger charge is -2.35. The van der Waals surface area contributed by atoms with Crippen LogP contribution in [-0.2, 0) is 9.53 Å². The van der Waals surface area contributed by atoms with Crippen LogP contribution in [0.2, 0.25) is 0 Å². The Hall–Kier alpha value is -2.93. The molecule has 142 valence electrons. The summed E-state index contributed by atoms with van der Waals surface area (Å²) < 4.78 is 4.97. The molecule has 0 aliphatic carbocycles. The number of hydrogen-bond donors (Lipinski definition) is 1. The number of ether oxygens (including phenoxy) is 1. The normalized spacial score (nSPS) is 14.6. The Balaban J connectivity index is 1.47. The number of carbonyl (C=O) groups is 2. The van der Waals surface area contributed by atoms with Crippen LogP contribution in [0.1, 0.15) is 17.3 Å². The highest BCUT2D eigenvalue weighted by Crippen LogP contribution is 2.15. The van der Waals surface area contributed by atoms with Crippen molar-refractivity contribution >= 4 is 23.4 Å². The number of nitrogens with one attached hydrogen (secondary N) is 1. The number of para-hydroxylation sites is 1. The molecule has 1 aromatic carbocycles. The maximum atomic E-state index is 12.2. The molecule has 7 nitrogen and oxygen atoms in total. The number of aromatic nitrogens is 1. The van der Waals surface area contributed by atoms with E-state index in [1.807, 2.05) is 36.4 Å². The fourth-order valence-electron chi connectivity index (χ4n) is 2.97. The molecule has 27 heavy (non-hydrogen) atoms. The maximum Gasteiger partial charge on any atom is 0.339 e. The van der Waals surface area contributed by atoms with E-state index in [2.05, 4.69) is 20.1 Å². The van der Waals surface area contributed by atoms with E-state index in [-0.39, 0.29) is 11.9 Å². The molecule has 1 aliphatic rings. The average Bonchev–Trinajstić information content (AvgIpc) is 2.69. The molecular weight excluding hydrogens is 344 g/mol. The van der Waals surface area contributed by atoms with Crippen LogP contribution in [0.4, 0.5) is 11.5 Å². The van der Waals surface area contributed by atoms with Crippen LogP contribution in [0.25, 0.3) is 0 Å². The predicted molar refractivity (Wildman–Crippen MR) is 104 cm³/mol. The van der Waals surface area contributed by atoms with E-state index in [9.17, 15) is 9.59 Å². The summed E-state index contributed by atoms with van der Waals surface area (Å²) in [5.41, 5.74) is 1.27. The van der Waals surface area contributed by atoms with Gasteiger partial charge in [-0.2, -0.15) is 0 Å². The number of anilines is 2. The molecule has 3 rings (SSSR count). The number of carbonyl (C=O) groups excluding carboxylic acids is 2. The van der Waals surface area contributed by atoms with E-state index in [0.29, 0.717) is 18.7 Å². The van der Waals surface area contributed by atoms with E-state index in [1.165, 1.54) is 0 Å². The Bertz CT molecular complexity index is 757. The first-order chi connectivity index (χ1) is 13.2. The fourth-order valence-corrected chi connectivity index (χ4v) is 2.97. The Morgan fingerprint density at radius 3 is 2.44 bits per heavy atom. The highest BCUT2D eigenvalue weighted by atomic mass is 16.5. The lowest BCUT2D eigenvalue weighted by Crippen LogP contribution is -2.48. The van der Waals surface area contributed by atoms with Crippen LogP contribution in [0.15, 0.2) is 48.7 Å². The molecule has 1 aromatic heterocycles. The fraction of sp³-hybridized carbons (Fsp3) is 0.350. The van der Waals surface area contributed by atoms with Gasteiger partial charge in [0.1, 0.15) is 5.82 Å². The molecule has 2 heterocycles. The van der Waals surface area contributed by atoms with E-state index < -0.39 is 0 Å². The third kappa shape index (κ3) is 5.27. The molecular formula is C20H24N4O3. The largest absolute Gasteiger partial charge is 0.462 e. The lowest BCUT2D eigenvalue weighted by molar-refractivity contribution is -0.117. The molecule has 1 N–H and O–H groups in total. The molecule has 7 heteroatoms. The van der Waals surface area contributed by atoms with Crippen molar-refractivity contribution in [2.75, 3.05) is 49.5 Å². The molecule has 0 unspecified atom stereocenters. The average molecular weight is 368 g/mol. The van der Waals surface area contributed by atoms with Crippen molar-refractivity contribution in [3.63, 3.8) is 0 Å². The number of benzene rings is 1. The Morgan fingerprint density at radius 2 is 1.81 bits per heavy atom. The first kappa shape index (κ1) is 18.8. The quantitative estimate of drug-likeness (QED) is 0.787. The van der Waals surface area contributed by atoms with Crippen molar-refractivity contribution in [1.82, 2.24) is 9.88 Å². The Morgan fingerprint density at radius 1 is 1.07 bits per heavy atom. The first-order valence-electron chi connectivity index (χ1n) is 9.11. The summed E-state index contributed by atoms with van der Waals surface area (Å²) in [6, 6.07) is 13.0. The van der Waals surface area contributed by atoms with Gasteiger partial charge in [0, 0.05) is 38.1 Å². The Labute approximate surface area is 158 Å². The highest BCUT2D eigenvalue weighted by molar-refractivity contribution is 5.92. The van der Waals surface area contributed by atoms with Gasteiger partial charge in [0.15, 0.2) is 0 Å². The van der Waals surface area contributed by atoms with E-state index >= 15 is 0 Å². The number of rotatable bonds is 6. The zero-order chi connectivity index (χ0) is 19.1. The van der Waals surface area contributed by atoms with Gasteiger partial charge in [0.2, 0.25) is 5.91 Å². The van der Waals surface area contributed by atoms with Crippen molar-refractivity contribution in [1.29, 1.82) is 0 Å². The number of pyridine rings is 1. The van der Waals surface area contributed by atoms with Gasteiger partial charge in [-0.3, -0.25) is 9.69 Å². The number of nitrogens with zero attached hydrogens (tertiary/aromatic N) is 3. The molecule has 1 saturated heterocycles.